The van der Waals surface area contributed by atoms with Gasteiger partial charge < -0.3 is 10.0 Å². The van der Waals surface area contributed by atoms with Crippen LogP contribution in [0.3, 0.4) is 0 Å². The van der Waals surface area contributed by atoms with Crippen LogP contribution in [0.25, 0.3) is 0 Å². The normalized spacial score (nSPS) is 18.5. The number of aliphatic carboxylic acids is 1. The summed E-state index contributed by atoms with van der Waals surface area (Å²) in [6, 6.07) is 1.59. The van der Waals surface area contributed by atoms with E-state index < -0.39 is 11.7 Å². The fourth-order valence-electron chi connectivity index (χ4n) is 2.23. The lowest BCUT2D eigenvalue weighted by Crippen LogP contribution is -2.35. The molecule has 0 bridgehead atoms. The molecule has 1 N–H and O–H groups in total. The quantitative estimate of drug-likeness (QED) is 0.797. The Morgan fingerprint density at radius 1 is 1.47 bits per heavy atom. The number of amides is 1. The van der Waals surface area contributed by atoms with Crippen molar-refractivity contribution in [2.75, 3.05) is 13.1 Å². The fraction of sp³-hybridized carbons (Fsp3) is 0.500. The third kappa shape index (κ3) is 3.40. The van der Waals surface area contributed by atoms with Gasteiger partial charge in [-0.15, -0.1) is 0 Å². The van der Waals surface area contributed by atoms with Crippen molar-refractivity contribution in [1.29, 1.82) is 0 Å². The molecule has 0 saturated carbocycles. The van der Waals surface area contributed by atoms with Gasteiger partial charge in [0.25, 0.3) is 0 Å². The molecule has 2 heterocycles. The molecule has 1 fully saturated rings. The Labute approximate surface area is 109 Å². The molecule has 0 spiro atoms. The maximum absolute atomic E-state index is 12.0. The van der Waals surface area contributed by atoms with Gasteiger partial charge in [-0.3, -0.25) is 14.2 Å². The molecule has 1 aromatic heterocycles. The first kappa shape index (κ1) is 13.3. The van der Waals surface area contributed by atoms with E-state index in [2.05, 4.69) is 4.98 Å². The Bertz CT molecular complexity index is 540. The minimum Gasteiger partial charge on any atom is -0.481 e. The molecular weight excluding hydrogens is 250 g/mol. The lowest BCUT2D eigenvalue weighted by atomic mass is 10.1. The highest BCUT2D eigenvalue weighted by molar-refractivity contribution is 5.76. The summed E-state index contributed by atoms with van der Waals surface area (Å²) in [5.74, 6) is -1.02. The molecule has 2 rings (SSSR count). The molecule has 7 heteroatoms. The maximum atomic E-state index is 12.0. The van der Waals surface area contributed by atoms with Crippen LogP contribution in [0.1, 0.15) is 12.8 Å². The van der Waals surface area contributed by atoms with Crippen LogP contribution in [0.15, 0.2) is 23.3 Å². The summed E-state index contributed by atoms with van der Waals surface area (Å²) in [5.41, 5.74) is -0.461. The van der Waals surface area contributed by atoms with E-state index in [1.165, 1.54) is 17.0 Å². The predicted molar refractivity (Wildman–Crippen MR) is 65.4 cm³/mol. The third-order valence-electron chi connectivity index (χ3n) is 3.19. The zero-order chi connectivity index (χ0) is 13.8. The second-order valence-electron chi connectivity index (χ2n) is 4.62. The van der Waals surface area contributed by atoms with E-state index in [4.69, 9.17) is 5.11 Å². The number of rotatable bonds is 4. The van der Waals surface area contributed by atoms with Crippen LogP contribution in [-0.4, -0.2) is 44.5 Å². The molecule has 0 aliphatic carbocycles. The summed E-state index contributed by atoms with van der Waals surface area (Å²) in [7, 11) is 0. The Hall–Kier alpha value is -2.18. The van der Waals surface area contributed by atoms with Crippen LogP contribution in [-0.2, 0) is 16.1 Å². The van der Waals surface area contributed by atoms with Crippen LogP contribution >= 0.6 is 0 Å². The van der Waals surface area contributed by atoms with Gasteiger partial charge in [-0.1, -0.05) is 0 Å². The van der Waals surface area contributed by atoms with Gasteiger partial charge in [0.1, 0.15) is 6.54 Å². The third-order valence-corrected chi connectivity index (χ3v) is 3.19. The summed E-state index contributed by atoms with van der Waals surface area (Å²) in [4.78, 5) is 39.2. The standard InChI is InChI=1S/C12H15N3O4/c16-10(8-15-4-1-3-13-12(15)19)14-5-2-9(7-14)6-11(17)18/h1,3-4,9H,2,5-8H2,(H,17,18). The van der Waals surface area contributed by atoms with Crippen LogP contribution in [0.5, 0.6) is 0 Å². The van der Waals surface area contributed by atoms with Crippen LogP contribution < -0.4 is 5.69 Å². The highest BCUT2D eigenvalue weighted by Gasteiger charge is 2.27. The number of carbonyl (C=O) groups excluding carboxylic acids is 1. The summed E-state index contributed by atoms with van der Waals surface area (Å²) < 4.78 is 1.24. The Morgan fingerprint density at radius 3 is 2.95 bits per heavy atom. The molecule has 102 valence electrons. The highest BCUT2D eigenvalue weighted by Crippen LogP contribution is 2.19. The molecular formula is C12H15N3O4. The Morgan fingerprint density at radius 2 is 2.26 bits per heavy atom. The lowest BCUT2D eigenvalue weighted by molar-refractivity contribution is -0.138. The number of hydrogen-bond donors (Lipinski definition) is 1. The van der Waals surface area contributed by atoms with E-state index in [1.807, 2.05) is 0 Å². The average Bonchev–Trinajstić information content (AvgIpc) is 2.79. The second kappa shape index (κ2) is 5.64. The van der Waals surface area contributed by atoms with Crippen molar-refractivity contribution in [3.8, 4) is 0 Å². The largest absolute Gasteiger partial charge is 0.481 e. The molecule has 1 unspecified atom stereocenters. The number of nitrogens with zero attached hydrogens (tertiary/aromatic N) is 3. The lowest BCUT2D eigenvalue weighted by Gasteiger charge is -2.16. The molecule has 7 nitrogen and oxygen atoms in total. The molecule has 0 radical (unpaired) electrons. The minimum absolute atomic E-state index is 0.00655. The van der Waals surface area contributed by atoms with E-state index in [1.54, 1.807) is 11.0 Å². The van der Waals surface area contributed by atoms with E-state index in [-0.39, 0.29) is 24.8 Å². The molecule has 1 aliphatic rings. The van der Waals surface area contributed by atoms with Gasteiger partial charge >= 0.3 is 11.7 Å². The smallest absolute Gasteiger partial charge is 0.347 e. The van der Waals surface area contributed by atoms with Crippen molar-refractivity contribution in [2.24, 2.45) is 5.92 Å². The second-order valence-corrected chi connectivity index (χ2v) is 4.62. The first-order chi connectivity index (χ1) is 9.06. The van der Waals surface area contributed by atoms with Gasteiger partial charge in [-0.25, -0.2) is 9.78 Å². The van der Waals surface area contributed by atoms with Crippen LogP contribution in [0.2, 0.25) is 0 Å². The molecule has 0 aromatic carbocycles. The molecule has 1 aliphatic heterocycles. The summed E-state index contributed by atoms with van der Waals surface area (Å²) in [6.45, 7) is 0.943. The average molecular weight is 265 g/mol. The number of carboxylic acids is 1. The van der Waals surface area contributed by atoms with E-state index >= 15 is 0 Å². The van der Waals surface area contributed by atoms with E-state index in [0.29, 0.717) is 19.5 Å². The van der Waals surface area contributed by atoms with Crippen molar-refractivity contribution < 1.29 is 14.7 Å². The van der Waals surface area contributed by atoms with Gasteiger partial charge in [0.2, 0.25) is 5.91 Å². The van der Waals surface area contributed by atoms with Crippen molar-refractivity contribution >= 4 is 11.9 Å². The number of carbonyl (C=O) groups is 2. The highest BCUT2D eigenvalue weighted by atomic mass is 16.4. The molecule has 1 atom stereocenters. The number of likely N-dealkylation sites (tertiary alicyclic amines) is 1. The van der Waals surface area contributed by atoms with Crippen molar-refractivity contribution in [1.82, 2.24) is 14.5 Å². The van der Waals surface area contributed by atoms with Gasteiger partial charge in [0.05, 0.1) is 0 Å². The van der Waals surface area contributed by atoms with Crippen molar-refractivity contribution in [3.63, 3.8) is 0 Å². The minimum atomic E-state index is -0.845. The SMILES string of the molecule is O=C(O)CC1CCN(C(=O)Cn2cccnc2=O)C1. The molecule has 1 saturated heterocycles. The molecule has 1 aromatic rings. The number of carboxylic acid groups (broad SMARTS) is 1. The zero-order valence-corrected chi connectivity index (χ0v) is 10.4. The van der Waals surface area contributed by atoms with Gasteiger partial charge in [0, 0.05) is 31.9 Å². The first-order valence-electron chi connectivity index (χ1n) is 6.07. The van der Waals surface area contributed by atoms with Crippen molar-refractivity contribution in [2.45, 2.75) is 19.4 Å². The zero-order valence-electron chi connectivity index (χ0n) is 10.4. The fourth-order valence-corrected chi connectivity index (χ4v) is 2.23. The van der Waals surface area contributed by atoms with Crippen LogP contribution in [0, 0.1) is 5.92 Å². The Kier molecular flexibility index (Phi) is 3.94. The summed E-state index contributed by atoms with van der Waals surface area (Å²) in [6.07, 6.45) is 3.66. The van der Waals surface area contributed by atoms with E-state index in [9.17, 15) is 14.4 Å². The molecule has 19 heavy (non-hydrogen) atoms. The Balaban J connectivity index is 1.93. The van der Waals surface area contributed by atoms with Crippen molar-refractivity contribution in [3.05, 3.63) is 28.9 Å². The maximum Gasteiger partial charge on any atom is 0.347 e. The summed E-state index contributed by atoms with van der Waals surface area (Å²) >= 11 is 0. The summed E-state index contributed by atoms with van der Waals surface area (Å²) in [5, 5.41) is 8.71. The monoisotopic (exact) mass is 265 g/mol. The predicted octanol–water partition coefficient (Wildman–Crippen LogP) is -0.434. The van der Waals surface area contributed by atoms with Crippen LogP contribution in [0.4, 0.5) is 0 Å². The van der Waals surface area contributed by atoms with Gasteiger partial charge in [-0.2, -0.15) is 0 Å². The molecule has 1 amide bonds. The van der Waals surface area contributed by atoms with Gasteiger partial charge in [0.15, 0.2) is 0 Å². The van der Waals surface area contributed by atoms with Gasteiger partial charge in [-0.05, 0) is 18.4 Å². The first-order valence-corrected chi connectivity index (χ1v) is 6.07. The number of aromatic nitrogens is 2. The topological polar surface area (TPSA) is 92.5 Å². The number of hydrogen-bond acceptors (Lipinski definition) is 4. The van der Waals surface area contributed by atoms with E-state index in [0.717, 1.165) is 0 Å².